The third-order valence-corrected chi connectivity index (χ3v) is 5.18. The molecule has 1 aromatic carbocycles. The Morgan fingerprint density at radius 3 is 2.50 bits per heavy atom. The summed E-state index contributed by atoms with van der Waals surface area (Å²) in [6, 6.07) is 10.9. The van der Waals surface area contributed by atoms with Crippen molar-refractivity contribution >= 4 is 5.96 Å². The van der Waals surface area contributed by atoms with E-state index in [-0.39, 0.29) is 0 Å². The molecule has 0 amide bonds. The molecule has 1 heterocycles. The predicted octanol–water partition coefficient (Wildman–Crippen LogP) is 2.64. The molecule has 4 nitrogen and oxygen atoms in total. The highest BCUT2D eigenvalue weighted by Gasteiger charge is 2.38. The van der Waals surface area contributed by atoms with Crippen LogP contribution in [-0.2, 0) is 0 Å². The topological polar surface area (TPSA) is 30.9 Å². The monoisotopic (exact) mass is 328 g/mol. The highest BCUT2D eigenvalue weighted by Crippen LogP contribution is 2.46. The molecule has 1 saturated heterocycles. The smallest absolute Gasteiger partial charge is 0.193 e. The highest BCUT2D eigenvalue weighted by molar-refractivity contribution is 5.80. The molecular formula is C20H32N4. The largest absolute Gasteiger partial charge is 0.356 e. The van der Waals surface area contributed by atoms with Crippen molar-refractivity contribution in [3.05, 3.63) is 35.9 Å². The van der Waals surface area contributed by atoms with E-state index in [0.29, 0.717) is 0 Å². The molecule has 1 saturated carbocycles. The summed E-state index contributed by atoms with van der Waals surface area (Å²) in [4.78, 5) is 9.49. The number of aliphatic imine (C=N–C) groups is 1. The lowest BCUT2D eigenvalue weighted by molar-refractivity contribution is 0.164. The molecule has 24 heavy (non-hydrogen) atoms. The Balaban J connectivity index is 1.42. The van der Waals surface area contributed by atoms with Crippen LogP contribution in [0.2, 0.25) is 0 Å². The average Bonchev–Trinajstić information content (AvgIpc) is 3.37. The molecule has 2 atom stereocenters. The molecule has 0 radical (unpaired) electrons. The lowest BCUT2D eigenvalue weighted by atomic mass is 10.1. The molecule has 2 unspecified atom stereocenters. The van der Waals surface area contributed by atoms with Crippen molar-refractivity contribution in [2.75, 3.05) is 46.3 Å². The van der Waals surface area contributed by atoms with Crippen LogP contribution in [-0.4, -0.2) is 62.1 Å². The molecule has 1 aromatic rings. The van der Waals surface area contributed by atoms with E-state index in [1.54, 1.807) is 0 Å². The van der Waals surface area contributed by atoms with Gasteiger partial charge in [-0.3, -0.25) is 9.89 Å². The summed E-state index contributed by atoms with van der Waals surface area (Å²) in [5, 5.41) is 3.61. The summed E-state index contributed by atoms with van der Waals surface area (Å²) >= 11 is 0. The fraction of sp³-hybridized carbons (Fsp3) is 0.650. The Morgan fingerprint density at radius 1 is 1.17 bits per heavy atom. The van der Waals surface area contributed by atoms with Crippen LogP contribution in [0.1, 0.15) is 31.7 Å². The molecule has 0 spiro atoms. The molecule has 2 fully saturated rings. The van der Waals surface area contributed by atoms with E-state index in [1.807, 2.05) is 7.05 Å². The highest BCUT2D eigenvalue weighted by atomic mass is 15.3. The van der Waals surface area contributed by atoms with E-state index in [1.165, 1.54) is 18.5 Å². The first-order chi connectivity index (χ1) is 11.7. The van der Waals surface area contributed by atoms with Crippen LogP contribution in [0.15, 0.2) is 35.3 Å². The maximum Gasteiger partial charge on any atom is 0.193 e. The Morgan fingerprint density at radius 2 is 1.88 bits per heavy atom. The van der Waals surface area contributed by atoms with Crippen LogP contribution in [0.25, 0.3) is 0 Å². The lowest BCUT2D eigenvalue weighted by Gasteiger charge is -2.37. The first-order valence-electron chi connectivity index (χ1n) is 9.40. The van der Waals surface area contributed by atoms with Crippen LogP contribution in [0.3, 0.4) is 0 Å². The molecule has 0 aromatic heterocycles. The first kappa shape index (κ1) is 17.3. The summed E-state index contributed by atoms with van der Waals surface area (Å²) in [5.41, 5.74) is 1.49. The molecule has 3 rings (SSSR count). The molecule has 1 aliphatic heterocycles. The van der Waals surface area contributed by atoms with Crippen molar-refractivity contribution in [3.63, 3.8) is 0 Å². The second-order valence-electron chi connectivity index (χ2n) is 7.62. The quantitative estimate of drug-likeness (QED) is 0.666. The number of rotatable bonds is 5. The van der Waals surface area contributed by atoms with E-state index >= 15 is 0 Å². The molecule has 1 aliphatic carbocycles. The van der Waals surface area contributed by atoms with E-state index in [9.17, 15) is 0 Å². The van der Waals surface area contributed by atoms with Crippen molar-refractivity contribution in [3.8, 4) is 0 Å². The van der Waals surface area contributed by atoms with E-state index in [2.05, 4.69) is 64.3 Å². The molecule has 132 valence electrons. The number of guanidine groups is 1. The third-order valence-electron chi connectivity index (χ3n) is 5.18. The van der Waals surface area contributed by atoms with Crippen molar-refractivity contribution in [1.82, 2.24) is 15.1 Å². The van der Waals surface area contributed by atoms with Crippen molar-refractivity contribution < 1.29 is 0 Å². The van der Waals surface area contributed by atoms with Crippen LogP contribution >= 0.6 is 0 Å². The zero-order valence-electron chi connectivity index (χ0n) is 15.4. The third kappa shape index (κ3) is 4.50. The minimum absolute atomic E-state index is 0.736. The van der Waals surface area contributed by atoms with E-state index in [0.717, 1.165) is 56.4 Å². The zero-order chi connectivity index (χ0) is 16.9. The van der Waals surface area contributed by atoms with Crippen LogP contribution in [0, 0.1) is 11.8 Å². The fourth-order valence-electron chi connectivity index (χ4n) is 3.79. The van der Waals surface area contributed by atoms with Crippen LogP contribution < -0.4 is 5.32 Å². The van der Waals surface area contributed by atoms with Gasteiger partial charge in [-0.25, -0.2) is 0 Å². The summed E-state index contributed by atoms with van der Waals surface area (Å²) in [7, 11) is 1.91. The van der Waals surface area contributed by atoms with Gasteiger partial charge in [-0.05, 0) is 29.7 Å². The molecule has 2 aliphatic rings. The lowest BCUT2D eigenvalue weighted by Crippen LogP contribution is -2.53. The van der Waals surface area contributed by atoms with Gasteiger partial charge in [0.1, 0.15) is 0 Å². The van der Waals surface area contributed by atoms with Gasteiger partial charge in [-0.2, -0.15) is 0 Å². The number of hydrogen-bond acceptors (Lipinski definition) is 2. The molecule has 0 bridgehead atoms. The maximum absolute atomic E-state index is 4.51. The number of hydrogen-bond donors (Lipinski definition) is 1. The number of nitrogens with one attached hydrogen (secondary N) is 1. The Labute approximate surface area is 146 Å². The first-order valence-corrected chi connectivity index (χ1v) is 9.40. The average molecular weight is 329 g/mol. The second kappa shape index (κ2) is 8.02. The van der Waals surface area contributed by atoms with Gasteiger partial charge >= 0.3 is 0 Å². The maximum atomic E-state index is 4.51. The number of piperazine rings is 1. The fourth-order valence-corrected chi connectivity index (χ4v) is 3.79. The van der Waals surface area contributed by atoms with Crippen molar-refractivity contribution in [1.29, 1.82) is 0 Å². The van der Waals surface area contributed by atoms with Crippen molar-refractivity contribution in [2.24, 2.45) is 16.8 Å². The normalized spacial score (nSPS) is 25.2. The van der Waals surface area contributed by atoms with E-state index in [4.69, 9.17) is 0 Å². The number of nitrogens with zero attached hydrogens (tertiary/aromatic N) is 3. The SMILES string of the molecule is CN=C(NCC1CC1c1ccccc1)N1CCN(CC(C)C)CC1. The minimum Gasteiger partial charge on any atom is -0.356 e. The minimum atomic E-state index is 0.736. The predicted molar refractivity (Wildman–Crippen MR) is 102 cm³/mol. The van der Waals surface area contributed by atoms with Gasteiger partial charge in [0.25, 0.3) is 0 Å². The molecular weight excluding hydrogens is 296 g/mol. The van der Waals surface area contributed by atoms with Gasteiger partial charge in [0.2, 0.25) is 0 Å². The Hall–Kier alpha value is -1.55. The molecule has 1 N–H and O–H groups in total. The summed E-state index contributed by atoms with van der Waals surface area (Å²) in [6.45, 7) is 11.3. The number of benzene rings is 1. The van der Waals surface area contributed by atoms with Gasteiger partial charge in [-0.1, -0.05) is 44.2 Å². The second-order valence-corrected chi connectivity index (χ2v) is 7.62. The zero-order valence-corrected chi connectivity index (χ0v) is 15.4. The Bertz CT molecular complexity index is 532. The summed E-state index contributed by atoms with van der Waals surface area (Å²) in [6.07, 6.45) is 1.30. The van der Waals surface area contributed by atoms with Gasteiger partial charge < -0.3 is 10.2 Å². The molecule has 4 heteroatoms. The van der Waals surface area contributed by atoms with Crippen LogP contribution in [0.4, 0.5) is 0 Å². The van der Waals surface area contributed by atoms with E-state index < -0.39 is 0 Å². The van der Waals surface area contributed by atoms with Crippen LogP contribution in [0.5, 0.6) is 0 Å². The van der Waals surface area contributed by atoms with Gasteiger partial charge in [0, 0.05) is 46.3 Å². The van der Waals surface area contributed by atoms with Gasteiger partial charge in [0.15, 0.2) is 5.96 Å². The Kier molecular flexibility index (Phi) is 5.77. The van der Waals surface area contributed by atoms with Gasteiger partial charge in [0.05, 0.1) is 0 Å². The van der Waals surface area contributed by atoms with Gasteiger partial charge in [-0.15, -0.1) is 0 Å². The standard InChI is InChI=1S/C20H32N4/c1-16(2)15-23-9-11-24(12-10-23)20(21-3)22-14-18-13-19(18)17-7-5-4-6-8-17/h4-8,16,18-19H,9-15H2,1-3H3,(H,21,22). The summed E-state index contributed by atoms with van der Waals surface area (Å²) < 4.78 is 0. The summed E-state index contributed by atoms with van der Waals surface area (Å²) in [5.74, 6) is 3.32. The van der Waals surface area contributed by atoms with Crippen molar-refractivity contribution in [2.45, 2.75) is 26.2 Å².